The van der Waals surface area contributed by atoms with E-state index in [1.54, 1.807) is 18.2 Å². The topological polar surface area (TPSA) is 106 Å². The highest BCUT2D eigenvalue weighted by Crippen LogP contribution is 2.27. The lowest BCUT2D eigenvalue weighted by Gasteiger charge is -2.36. The molecular formula is C21H27Cl2N3O6S. The Morgan fingerprint density at radius 1 is 1.27 bits per heavy atom. The molecule has 1 aliphatic heterocycles. The summed E-state index contributed by atoms with van der Waals surface area (Å²) in [6.45, 7) is 3.72. The maximum atomic E-state index is 12.3. The predicted molar refractivity (Wildman–Crippen MR) is 128 cm³/mol. The van der Waals surface area contributed by atoms with Gasteiger partial charge in [0.05, 0.1) is 24.7 Å². The molecule has 182 valence electrons. The Hall–Kier alpha value is -2.14. The Kier molecular flexibility index (Phi) is 11.7. The van der Waals surface area contributed by atoms with E-state index in [2.05, 4.69) is 10.6 Å². The highest BCUT2D eigenvalue weighted by Gasteiger charge is 2.34. The minimum atomic E-state index is -0.860. The number of carbonyl (C=O) groups excluding carboxylic acids is 3. The van der Waals surface area contributed by atoms with E-state index in [4.69, 9.17) is 49.6 Å². The molecule has 1 heterocycles. The smallest absolute Gasteiger partial charge is 0.308 e. The number of thiocarbonyl (C=S) groups is 1. The number of amides is 2. The number of nitrogens with zero attached hydrogens (tertiary/aromatic N) is 1. The molecule has 0 aromatic heterocycles. The van der Waals surface area contributed by atoms with Crippen LogP contribution >= 0.6 is 35.4 Å². The van der Waals surface area contributed by atoms with Crippen LogP contribution in [0.2, 0.25) is 10.0 Å². The van der Waals surface area contributed by atoms with Crippen LogP contribution in [0, 0.1) is 0 Å². The quantitative estimate of drug-likeness (QED) is 0.260. The second-order valence-electron chi connectivity index (χ2n) is 7.00. The van der Waals surface area contributed by atoms with Gasteiger partial charge in [0.2, 0.25) is 11.8 Å². The predicted octanol–water partition coefficient (Wildman–Crippen LogP) is 2.32. The molecule has 1 saturated heterocycles. The maximum absolute atomic E-state index is 12.3. The van der Waals surface area contributed by atoms with Gasteiger partial charge in [0.25, 0.3) is 0 Å². The number of esters is 1. The zero-order valence-electron chi connectivity index (χ0n) is 18.2. The lowest BCUT2D eigenvalue weighted by molar-refractivity contribution is -0.148. The standard InChI is InChI=1S/C21H27Cl2N3O6S/c1-2-30-10-11-32-19(28)13-16-20(29)24-7-8-26(16)21(33)25-18(27)4-3-9-31-17-6-5-14(22)12-15(17)23/h5-6,12,16H,2-4,7-11,13H2,1H3,(H,24,29)(H,25,27,33). The van der Waals surface area contributed by atoms with E-state index in [1.807, 2.05) is 6.92 Å². The third kappa shape index (κ3) is 9.32. The van der Waals surface area contributed by atoms with E-state index in [0.29, 0.717) is 41.9 Å². The van der Waals surface area contributed by atoms with Crippen LogP contribution in [0.15, 0.2) is 18.2 Å². The Bertz CT molecular complexity index is 857. The SMILES string of the molecule is CCOCCOC(=O)CC1C(=O)NCCN1C(=S)NC(=O)CCCOc1ccc(Cl)cc1Cl. The fourth-order valence-electron chi connectivity index (χ4n) is 3.00. The molecule has 12 heteroatoms. The molecule has 0 bridgehead atoms. The van der Waals surface area contributed by atoms with Gasteiger partial charge < -0.3 is 29.7 Å². The number of hydrogen-bond acceptors (Lipinski definition) is 7. The van der Waals surface area contributed by atoms with Gasteiger partial charge in [0, 0.05) is 31.1 Å². The molecule has 9 nitrogen and oxygen atoms in total. The molecule has 2 amide bonds. The van der Waals surface area contributed by atoms with Crippen molar-refractivity contribution in [2.75, 3.05) is 39.5 Å². The van der Waals surface area contributed by atoms with Gasteiger partial charge in [-0.15, -0.1) is 0 Å². The number of halogens is 2. The molecule has 0 spiro atoms. The first-order valence-corrected chi connectivity index (χ1v) is 11.7. The third-order valence-electron chi connectivity index (χ3n) is 4.59. The first-order chi connectivity index (χ1) is 15.8. The summed E-state index contributed by atoms with van der Waals surface area (Å²) in [6.07, 6.45) is 0.378. The number of benzene rings is 1. The van der Waals surface area contributed by atoms with Gasteiger partial charge >= 0.3 is 5.97 Å². The minimum Gasteiger partial charge on any atom is -0.492 e. The Morgan fingerprint density at radius 2 is 2.06 bits per heavy atom. The van der Waals surface area contributed by atoms with E-state index in [-0.39, 0.29) is 49.6 Å². The zero-order chi connectivity index (χ0) is 24.2. The molecule has 33 heavy (non-hydrogen) atoms. The summed E-state index contributed by atoms with van der Waals surface area (Å²) in [5.74, 6) is -0.746. The van der Waals surface area contributed by atoms with Crippen molar-refractivity contribution in [2.45, 2.75) is 32.2 Å². The van der Waals surface area contributed by atoms with Gasteiger partial charge in [-0.3, -0.25) is 14.4 Å². The summed E-state index contributed by atoms with van der Waals surface area (Å²) in [5.41, 5.74) is 0. The second-order valence-corrected chi connectivity index (χ2v) is 8.23. The maximum Gasteiger partial charge on any atom is 0.308 e. The molecule has 2 rings (SSSR count). The van der Waals surface area contributed by atoms with Crippen molar-refractivity contribution in [2.24, 2.45) is 0 Å². The molecule has 0 aliphatic carbocycles. The fourth-order valence-corrected chi connectivity index (χ4v) is 3.79. The summed E-state index contributed by atoms with van der Waals surface area (Å²) in [4.78, 5) is 38.2. The van der Waals surface area contributed by atoms with Gasteiger partial charge in [-0.2, -0.15) is 0 Å². The van der Waals surface area contributed by atoms with Crippen molar-refractivity contribution in [3.8, 4) is 5.75 Å². The van der Waals surface area contributed by atoms with Gasteiger partial charge in [-0.1, -0.05) is 23.2 Å². The second kappa shape index (κ2) is 14.2. The van der Waals surface area contributed by atoms with Crippen LogP contribution in [0.3, 0.4) is 0 Å². The van der Waals surface area contributed by atoms with Crippen molar-refractivity contribution in [1.29, 1.82) is 0 Å². The number of nitrogens with one attached hydrogen (secondary N) is 2. The summed E-state index contributed by atoms with van der Waals surface area (Å²) in [6, 6.07) is 4.03. The third-order valence-corrected chi connectivity index (χ3v) is 5.46. The van der Waals surface area contributed by atoms with Crippen molar-refractivity contribution in [1.82, 2.24) is 15.5 Å². The lowest BCUT2D eigenvalue weighted by Crippen LogP contribution is -2.60. The molecule has 1 aliphatic rings. The Labute approximate surface area is 208 Å². The first-order valence-electron chi connectivity index (χ1n) is 10.5. The van der Waals surface area contributed by atoms with Crippen LogP contribution in [0.4, 0.5) is 0 Å². The largest absolute Gasteiger partial charge is 0.492 e. The monoisotopic (exact) mass is 519 g/mol. The molecular weight excluding hydrogens is 493 g/mol. The molecule has 1 unspecified atom stereocenters. The Morgan fingerprint density at radius 3 is 2.79 bits per heavy atom. The van der Waals surface area contributed by atoms with Crippen LogP contribution in [0.1, 0.15) is 26.2 Å². The number of carbonyl (C=O) groups is 3. The van der Waals surface area contributed by atoms with Gasteiger partial charge in [0.1, 0.15) is 18.4 Å². The number of hydrogen-bond donors (Lipinski definition) is 2. The molecule has 1 aromatic carbocycles. The average molecular weight is 520 g/mol. The van der Waals surface area contributed by atoms with Crippen molar-refractivity contribution in [3.05, 3.63) is 28.2 Å². The zero-order valence-corrected chi connectivity index (χ0v) is 20.6. The van der Waals surface area contributed by atoms with E-state index < -0.39 is 12.0 Å². The summed E-state index contributed by atoms with van der Waals surface area (Å²) in [5, 5.41) is 6.29. The van der Waals surface area contributed by atoms with Crippen LogP contribution in [0.25, 0.3) is 0 Å². The summed E-state index contributed by atoms with van der Waals surface area (Å²) >= 11 is 17.2. The molecule has 2 N–H and O–H groups in total. The van der Waals surface area contributed by atoms with Crippen LogP contribution in [-0.4, -0.2) is 73.4 Å². The summed E-state index contributed by atoms with van der Waals surface area (Å²) < 4.78 is 15.8. The minimum absolute atomic E-state index is 0.0867. The van der Waals surface area contributed by atoms with Gasteiger partial charge in [0.15, 0.2) is 5.11 Å². The first kappa shape index (κ1) is 27.1. The summed E-state index contributed by atoms with van der Waals surface area (Å²) in [7, 11) is 0. The van der Waals surface area contributed by atoms with Crippen molar-refractivity contribution >= 4 is 58.3 Å². The van der Waals surface area contributed by atoms with E-state index >= 15 is 0 Å². The Balaban J connectivity index is 1.78. The molecule has 0 saturated carbocycles. The number of piperazine rings is 1. The van der Waals surface area contributed by atoms with E-state index in [1.165, 1.54) is 4.90 Å². The number of ether oxygens (including phenoxy) is 3. The van der Waals surface area contributed by atoms with Gasteiger partial charge in [-0.25, -0.2) is 0 Å². The van der Waals surface area contributed by atoms with Crippen LogP contribution in [0.5, 0.6) is 5.75 Å². The van der Waals surface area contributed by atoms with E-state index in [0.717, 1.165) is 0 Å². The highest BCUT2D eigenvalue weighted by molar-refractivity contribution is 7.80. The average Bonchev–Trinajstić information content (AvgIpc) is 2.76. The molecule has 1 fully saturated rings. The molecule has 0 radical (unpaired) electrons. The van der Waals surface area contributed by atoms with Crippen LogP contribution < -0.4 is 15.4 Å². The van der Waals surface area contributed by atoms with Gasteiger partial charge in [-0.05, 0) is 43.8 Å². The highest BCUT2D eigenvalue weighted by atomic mass is 35.5. The van der Waals surface area contributed by atoms with E-state index in [9.17, 15) is 14.4 Å². The van der Waals surface area contributed by atoms with Crippen molar-refractivity contribution in [3.63, 3.8) is 0 Å². The lowest BCUT2D eigenvalue weighted by atomic mass is 10.1. The van der Waals surface area contributed by atoms with Crippen LogP contribution in [-0.2, 0) is 23.9 Å². The molecule has 1 atom stereocenters. The molecule has 1 aromatic rings. The normalized spacial score (nSPS) is 15.5. The fraction of sp³-hybridized carbons (Fsp3) is 0.524. The van der Waals surface area contributed by atoms with Crippen molar-refractivity contribution < 1.29 is 28.6 Å². The number of rotatable bonds is 11.